The van der Waals surface area contributed by atoms with Gasteiger partial charge in [-0.05, 0) is 42.7 Å². The summed E-state index contributed by atoms with van der Waals surface area (Å²) in [5.41, 5.74) is 1.60. The second-order valence-electron chi connectivity index (χ2n) is 6.19. The summed E-state index contributed by atoms with van der Waals surface area (Å²) in [6, 6.07) is 5.61. The highest BCUT2D eigenvalue weighted by atomic mass is 32.2. The number of carbonyl (C=O) groups excluding carboxylic acids is 1. The first-order chi connectivity index (χ1) is 11.6. The molecule has 2 bridgehead atoms. The summed E-state index contributed by atoms with van der Waals surface area (Å²) in [4.78, 5) is 28.7. The van der Waals surface area contributed by atoms with E-state index in [-0.39, 0.29) is 17.7 Å². The largest absolute Gasteiger partial charge is 0.481 e. The van der Waals surface area contributed by atoms with Crippen LogP contribution < -0.4 is 5.32 Å². The fourth-order valence-electron chi connectivity index (χ4n) is 3.81. The van der Waals surface area contributed by atoms with Gasteiger partial charge in [-0.3, -0.25) is 9.59 Å². The average molecular weight is 360 g/mol. The molecule has 1 saturated carbocycles. The molecule has 2 N–H and O–H groups in total. The quantitative estimate of drug-likeness (QED) is 0.645. The Morgan fingerprint density at radius 3 is 2.75 bits per heavy atom. The molecule has 2 aromatic rings. The molecular weight excluding hydrogens is 344 g/mol. The molecule has 124 valence electrons. The molecule has 24 heavy (non-hydrogen) atoms. The number of nitrogens with one attached hydrogen (secondary N) is 1. The van der Waals surface area contributed by atoms with Crippen LogP contribution >= 0.6 is 23.1 Å². The van der Waals surface area contributed by atoms with Crippen molar-refractivity contribution in [2.45, 2.75) is 10.8 Å². The van der Waals surface area contributed by atoms with Crippen LogP contribution in [0.4, 0.5) is 5.69 Å². The number of anilines is 1. The van der Waals surface area contributed by atoms with Crippen molar-refractivity contribution in [3.8, 4) is 0 Å². The highest BCUT2D eigenvalue weighted by molar-refractivity contribution is 8.00. The van der Waals surface area contributed by atoms with Crippen molar-refractivity contribution in [2.75, 3.05) is 11.6 Å². The van der Waals surface area contributed by atoms with Gasteiger partial charge in [-0.2, -0.15) is 0 Å². The van der Waals surface area contributed by atoms with E-state index >= 15 is 0 Å². The highest BCUT2D eigenvalue weighted by Crippen LogP contribution is 2.48. The molecule has 0 unspecified atom stereocenters. The van der Waals surface area contributed by atoms with E-state index in [0.717, 1.165) is 21.0 Å². The van der Waals surface area contributed by atoms with Crippen LogP contribution in [-0.2, 0) is 9.59 Å². The minimum Gasteiger partial charge on any atom is -0.481 e. The predicted molar refractivity (Wildman–Crippen MR) is 95.4 cm³/mol. The summed E-state index contributed by atoms with van der Waals surface area (Å²) in [7, 11) is 0. The monoisotopic (exact) mass is 360 g/mol. The number of carboxylic acid groups (broad SMARTS) is 1. The Kier molecular flexibility index (Phi) is 3.85. The van der Waals surface area contributed by atoms with Crippen LogP contribution in [0.2, 0.25) is 0 Å². The molecule has 0 spiro atoms. The molecule has 1 heterocycles. The zero-order valence-corrected chi connectivity index (χ0v) is 14.6. The number of aromatic nitrogens is 1. The molecule has 1 fully saturated rings. The van der Waals surface area contributed by atoms with E-state index in [1.165, 1.54) is 0 Å². The van der Waals surface area contributed by atoms with Gasteiger partial charge in [-0.15, -0.1) is 11.3 Å². The number of hydrogen-bond donors (Lipinski definition) is 2. The van der Waals surface area contributed by atoms with Gasteiger partial charge in [0.1, 0.15) is 0 Å². The third kappa shape index (κ3) is 2.52. The van der Waals surface area contributed by atoms with Crippen LogP contribution in [0.25, 0.3) is 10.2 Å². The van der Waals surface area contributed by atoms with Crippen LogP contribution in [0.15, 0.2) is 34.7 Å². The second-order valence-corrected chi connectivity index (χ2v) is 8.28. The highest BCUT2D eigenvalue weighted by Gasteiger charge is 2.51. The summed E-state index contributed by atoms with van der Waals surface area (Å²) in [6.45, 7) is 0. The molecule has 7 heteroatoms. The lowest BCUT2D eigenvalue weighted by atomic mass is 9.82. The SMILES string of the molecule is CSc1nc2ccc(NC(=O)[C@@H]3[C@@H](C(=O)O)[C@H]4C=C[C@@H]3C4)cc2s1. The minimum absolute atomic E-state index is 0.0173. The Morgan fingerprint density at radius 1 is 1.29 bits per heavy atom. The minimum atomic E-state index is -0.880. The number of allylic oxidation sites excluding steroid dienone is 2. The first-order valence-electron chi connectivity index (χ1n) is 7.73. The predicted octanol–water partition coefficient (Wildman–Crippen LogP) is 3.48. The molecule has 2 aliphatic carbocycles. The van der Waals surface area contributed by atoms with Gasteiger partial charge in [0, 0.05) is 5.69 Å². The smallest absolute Gasteiger partial charge is 0.307 e. The topological polar surface area (TPSA) is 79.3 Å². The van der Waals surface area contributed by atoms with Crippen LogP contribution in [0.1, 0.15) is 6.42 Å². The number of aliphatic carboxylic acids is 1. The summed E-state index contributed by atoms with van der Waals surface area (Å²) >= 11 is 3.18. The number of nitrogens with zero attached hydrogens (tertiary/aromatic N) is 1. The lowest BCUT2D eigenvalue weighted by Gasteiger charge is -2.23. The molecule has 4 rings (SSSR count). The first-order valence-corrected chi connectivity index (χ1v) is 9.77. The maximum Gasteiger partial charge on any atom is 0.307 e. The second kappa shape index (κ2) is 5.89. The van der Waals surface area contributed by atoms with Crippen molar-refractivity contribution >= 4 is 50.9 Å². The number of carboxylic acids is 1. The summed E-state index contributed by atoms with van der Waals surface area (Å²) < 4.78 is 2.00. The third-order valence-electron chi connectivity index (χ3n) is 4.86. The number of amides is 1. The van der Waals surface area contributed by atoms with Gasteiger partial charge in [0.2, 0.25) is 5.91 Å². The van der Waals surface area contributed by atoms with Gasteiger partial charge in [-0.25, -0.2) is 4.98 Å². The van der Waals surface area contributed by atoms with Gasteiger partial charge >= 0.3 is 5.97 Å². The number of hydrogen-bond acceptors (Lipinski definition) is 5. The fourth-order valence-corrected chi connectivity index (χ4v) is 5.34. The van der Waals surface area contributed by atoms with Crippen molar-refractivity contribution in [3.63, 3.8) is 0 Å². The summed E-state index contributed by atoms with van der Waals surface area (Å²) in [5.74, 6) is -2.17. The average Bonchev–Trinajstić information content (AvgIpc) is 3.26. The Bertz CT molecular complexity index is 861. The Morgan fingerprint density at radius 2 is 2.04 bits per heavy atom. The van der Waals surface area contributed by atoms with Gasteiger partial charge in [0.25, 0.3) is 0 Å². The molecule has 1 aromatic heterocycles. The van der Waals surface area contributed by atoms with Crippen LogP contribution in [0.5, 0.6) is 0 Å². The van der Waals surface area contributed by atoms with Crippen LogP contribution in [-0.4, -0.2) is 28.2 Å². The van der Waals surface area contributed by atoms with Crippen molar-refractivity contribution in [1.29, 1.82) is 0 Å². The Hall–Kier alpha value is -1.86. The molecule has 2 aliphatic rings. The maximum atomic E-state index is 12.7. The maximum absolute atomic E-state index is 12.7. The van der Waals surface area contributed by atoms with E-state index in [2.05, 4.69) is 10.3 Å². The summed E-state index contributed by atoms with van der Waals surface area (Å²) in [6.07, 6.45) is 6.68. The first kappa shape index (κ1) is 15.7. The number of fused-ring (bicyclic) bond motifs is 3. The summed E-state index contributed by atoms with van der Waals surface area (Å²) in [5, 5.41) is 12.4. The van der Waals surface area contributed by atoms with E-state index in [4.69, 9.17) is 0 Å². The van der Waals surface area contributed by atoms with E-state index < -0.39 is 17.8 Å². The molecule has 0 aliphatic heterocycles. The van der Waals surface area contributed by atoms with Gasteiger partial charge in [-0.1, -0.05) is 23.9 Å². The molecule has 1 aromatic carbocycles. The van der Waals surface area contributed by atoms with Crippen molar-refractivity contribution < 1.29 is 14.7 Å². The molecule has 1 amide bonds. The lowest BCUT2D eigenvalue weighted by molar-refractivity contribution is -0.146. The van der Waals surface area contributed by atoms with Crippen LogP contribution in [0, 0.1) is 23.7 Å². The zero-order valence-electron chi connectivity index (χ0n) is 12.9. The van der Waals surface area contributed by atoms with E-state index in [1.807, 2.05) is 36.6 Å². The van der Waals surface area contributed by atoms with Crippen molar-refractivity contribution in [3.05, 3.63) is 30.4 Å². The standard InChI is InChI=1S/C17H16N2O3S2/c1-23-17-19-11-5-4-10(7-12(11)24-17)18-15(20)13-8-2-3-9(6-8)14(13)16(21)22/h2-5,7-9,13-14H,6H2,1H3,(H,18,20)(H,21,22)/t8-,9+,13+,14+/m1/s1. The van der Waals surface area contributed by atoms with Gasteiger partial charge in [0.15, 0.2) is 4.34 Å². The molecular formula is C17H16N2O3S2. The molecule has 0 radical (unpaired) electrons. The van der Waals surface area contributed by atoms with E-state index in [9.17, 15) is 14.7 Å². The number of rotatable bonds is 4. The number of thioether (sulfide) groups is 1. The zero-order chi connectivity index (χ0) is 16.8. The molecule has 4 atom stereocenters. The number of carbonyl (C=O) groups is 2. The Balaban J connectivity index is 1.57. The van der Waals surface area contributed by atoms with E-state index in [1.54, 1.807) is 23.1 Å². The van der Waals surface area contributed by atoms with Gasteiger partial charge < -0.3 is 10.4 Å². The van der Waals surface area contributed by atoms with E-state index in [0.29, 0.717) is 5.69 Å². The Labute approximate surface area is 147 Å². The molecule has 5 nitrogen and oxygen atoms in total. The normalized spacial score (nSPS) is 27.7. The van der Waals surface area contributed by atoms with Crippen molar-refractivity contribution in [1.82, 2.24) is 4.98 Å². The number of benzene rings is 1. The van der Waals surface area contributed by atoms with Crippen LogP contribution in [0.3, 0.4) is 0 Å². The lowest BCUT2D eigenvalue weighted by Crippen LogP contribution is -2.36. The third-order valence-corrected chi connectivity index (χ3v) is 6.86. The molecule has 0 saturated heterocycles. The number of thiazole rings is 1. The van der Waals surface area contributed by atoms with Crippen molar-refractivity contribution in [2.24, 2.45) is 23.7 Å². The fraction of sp³-hybridized carbons (Fsp3) is 0.353. The van der Waals surface area contributed by atoms with Gasteiger partial charge in [0.05, 0.1) is 22.1 Å².